The second kappa shape index (κ2) is 22.0. The summed E-state index contributed by atoms with van der Waals surface area (Å²) >= 11 is 0. The highest BCUT2D eigenvalue weighted by Crippen LogP contribution is 2.60. The van der Waals surface area contributed by atoms with E-state index in [0.717, 1.165) is 63.6 Å². The number of pyridine rings is 2. The number of ether oxygens (including phenoxy) is 4. The molecule has 452 valence electrons. The quantitative estimate of drug-likeness (QED) is 0.116. The summed E-state index contributed by atoms with van der Waals surface area (Å²) in [7, 11) is -7.76. The first-order chi connectivity index (χ1) is 43.6. The molecule has 8 aromatic carbocycles. The summed E-state index contributed by atoms with van der Waals surface area (Å²) in [5, 5.41) is 1.82. The van der Waals surface area contributed by atoms with Crippen LogP contribution in [0.5, 0.6) is 34.5 Å². The number of para-hydroxylation sites is 2. The molecular weight excluding hydrogens is 1200 g/mol. The molecule has 0 spiro atoms. The van der Waals surface area contributed by atoms with Crippen LogP contribution in [0.1, 0.15) is 33.4 Å². The van der Waals surface area contributed by atoms with Crippen molar-refractivity contribution in [2.24, 2.45) is 0 Å². The van der Waals surface area contributed by atoms with Crippen molar-refractivity contribution in [1.82, 2.24) is 9.97 Å². The molecule has 0 amide bonds. The van der Waals surface area contributed by atoms with Crippen molar-refractivity contribution in [2.45, 2.75) is 38.5 Å². The molecule has 0 bridgehead atoms. The van der Waals surface area contributed by atoms with Gasteiger partial charge in [-0.05, 0) is 108 Å². The van der Waals surface area contributed by atoms with E-state index in [-0.39, 0.29) is 55.7 Å². The third-order valence-corrected chi connectivity index (χ3v) is 21.7. The first-order valence-corrected chi connectivity index (χ1v) is 31.9. The minimum absolute atomic E-state index is 0.0110. The summed E-state index contributed by atoms with van der Waals surface area (Å²) in [6.07, 6.45) is -3.79. The zero-order valence-corrected chi connectivity index (χ0v) is 49.2. The maximum absolute atomic E-state index is 15.6. The van der Waals surface area contributed by atoms with Gasteiger partial charge in [-0.25, -0.2) is 4.98 Å². The van der Waals surface area contributed by atoms with Crippen molar-refractivity contribution >= 4 is 58.8 Å². The van der Waals surface area contributed by atoms with Crippen LogP contribution in [0.3, 0.4) is 0 Å². The molecule has 8 heterocycles. The Morgan fingerprint density at radius 2 is 0.844 bits per heavy atom. The summed E-state index contributed by atoms with van der Waals surface area (Å²) in [4.78, 5) is 16.1. The Morgan fingerprint density at radius 1 is 0.400 bits per heavy atom. The van der Waals surface area contributed by atoms with Gasteiger partial charge in [0.25, 0.3) is 0 Å². The first-order valence-electron chi connectivity index (χ1n) is 28.6. The van der Waals surface area contributed by atoms with Crippen LogP contribution in [0, 0.1) is 0 Å². The van der Waals surface area contributed by atoms with Crippen LogP contribution in [0.4, 0.5) is 49.2 Å². The normalized spacial score (nSPS) is 18.4. The number of alkyl halides is 6. The lowest BCUT2D eigenvalue weighted by molar-refractivity contribution is -0.138. The highest BCUT2D eigenvalue weighted by Gasteiger charge is 2.48. The van der Waals surface area contributed by atoms with Crippen LogP contribution < -0.4 is 68.8 Å². The van der Waals surface area contributed by atoms with Gasteiger partial charge in [-0.15, -0.1) is 0 Å². The van der Waals surface area contributed by atoms with E-state index in [1.165, 1.54) is 18.2 Å². The lowest BCUT2D eigenvalue weighted by atomic mass is 10.0. The zero-order chi connectivity index (χ0) is 61.5. The molecule has 0 saturated carbocycles. The third-order valence-electron chi connectivity index (χ3n) is 16.6. The molecule has 6 aliphatic heterocycles. The van der Waals surface area contributed by atoms with Gasteiger partial charge < -0.3 is 47.6 Å². The SMILES string of the molecule is O=P1(c2c3c(cc4c2OCN(c2cccc(C(F)(F)F)c2)C4)OCN(c2cccc(C(F)(F)F)c2)C3)Oc2ccccc2-c2ccccc21.O=P1(c2c3c(cc4c2OCN(c2ccccn2)C4)OCN(c2cccnc2)C3)Oc2ccccc2-c2ccccc21. The van der Waals surface area contributed by atoms with Crippen molar-refractivity contribution in [3.05, 3.63) is 240 Å². The van der Waals surface area contributed by atoms with Gasteiger partial charge in [-0.2, -0.15) is 26.3 Å². The van der Waals surface area contributed by atoms with Crippen molar-refractivity contribution in [3.63, 3.8) is 0 Å². The number of anilines is 4. The molecule has 6 aliphatic rings. The van der Waals surface area contributed by atoms with Crippen molar-refractivity contribution in [3.8, 4) is 56.8 Å². The molecule has 14 nitrogen and oxygen atoms in total. The Balaban J connectivity index is 0.000000152. The molecule has 10 aromatic rings. The Labute approximate surface area is 511 Å². The minimum Gasteiger partial charge on any atom is -0.473 e. The summed E-state index contributed by atoms with van der Waals surface area (Å²) in [5.41, 5.74) is 5.62. The zero-order valence-electron chi connectivity index (χ0n) is 47.4. The number of halogens is 6. The summed E-state index contributed by atoms with van der Waals surface area (Å²) < 4.78 is 151. The lowest BCUT2D eigenvalue weighted by Gasteiger charge is -2.39. The summed E-state index contributed by atoms with van der Waals surface area (Å²) in [5.74, 6) is 3.60. The van der Waals surface area contributed by atoms with Gasteiger partial charge in [-0.1, -0.05) is 91.0 Å². The van der Waals surface area contributed by atoms with Gasteiger partial charge >= 0.3 is 27.1 Å². The van der Waals surface area contributed by atoms with Crippen LogP contribution in [0.15, 0.2) is 207 Å². The number of hydrogen-bond donors (Lipinski definition) is 0. The molecule has 0 aliphatic carbocycles. The second-order valence-corrected chi connectivity index (χ2v) is 26.5. The van der Waals surface area contributed by atoms with E-state index in [0.29, 0.717) is 81.2 Å². The topological polar surface area (TPSA) is 128 Å². The number of aromatic nitrogens is 2. The Morgan fingerprint density at radius 3 is 1.34 bits per heavy atom. The van der Waals surface area contributed by atoms with Crippen LogP contribution >= 0.6 is 14.7 Å². The molecule has 0 saturated heterocycles. The van der Waals surface area contributed by atoms with Gasteiger partial charge in [0, 0.05) is 57.1 Å². The van der Waals surface area contributed by atoms with Crippen molar-refractivity contribution < 1.29 is 63.5 Å². The maximum atomic E-state index is 15.6. The van der Waals surface area contributed by atoms with E-state index < -0.39 is 38.2 Å². The third kappa shape index (κ3) is 9.94. The van der Waals surface area contributed by atoms with Crippen LogP contribution in [0.25, 0.3) is 22.3 Å². The average Bonchev–Trinajstić information content (AvgIpc) is 0.755. The van der Waals surface area contributed by atoms with Gasteiger partial charge in [-0.3, -0.25) is 14.1 Å². The fourth-order valence-electron chi connectivity index (χ4n) is 12.4. The van der Waals surface area contributed by atoms with E-state index in [1.54, 1.807) is 64.8 Å². The van der Waals surface area contributed by atoms with E-state index in [9.17, 15) is 26.3 Å². The van der Waals surface area contributed by atoms with Gasteiger partial charge in [0.2, 0.25) is 0 Å². The number of fused-ring (bicyclic) bond motifs is 10. The minimum atomic E-state index is -4.56. The summed E-state index contributed by atoms with van der Waals surface area (Å²) in [6, 6.07) is 53.0. The Bertz CT molecular complexity index is 4580. The van der Waals surface area contributed by atoms with E-state index >= 15 is 9.13 Å². The number of rotatable bonds is 6. The predicted molar refractivity (Wildman–Crippen MR) is 330 cm³/mol. The molecule has 2 aromatic heterocycles. The van der Waals surface area contributed by atoms with Crippen LogP contribution in [0.2, 0.25) is 0 Å². The van der Waals surface area contributed by atoms with Crippen molar-refractivity contribution in [1.29, 1.82) is 0 Å². The molecule has 2 atom stereocenters. The molecule has 16 rings (SSSR count). The highest BCUT2D eigenvalue weighted by atomic mass is 31.2. The molecule has 0 radical (unpaired) electrons. The highest BCUT2D eigenvalue weighted by molar-refractivity contribution is 7.75. The molecule has 90 heavy (non-hydrogen) atoms. The predicted octanol–water partition coefficient (Wildman–Crippen LogP) is 14.2. The molecular formula is C68H50F6N6O8P2. The molecule has 2 unspecified atom stereocenters. The van der Waals surface area contributed by atoms with Gasteiger partial charge in [0.1, 0.15) is 50.9 Å². The standard InChI is InChI=1S/C36H25F6N2O4P.C32H25N4O4P/c37-35(38,39)23-7-5-9-25(16-23)43-18-22-15-31-29(19-44(20-46-31)26-10-6-8-24(17-26)36(40,41)42)34(33(22)47-21-43)49(45)32-14-4-2-12-28(32)27-11-1-3-13-30(27)48-49;37-41(29-12-4-2-10-25(29)24-9-1-3-11-27(24)40-41)32-26-19-35(23-8-7-14-33-17-23)20-38-28(26)16-22-18-36(21-39-31(22)32)30-13-5-6-15-34-30/h1-17H,18-21H2;1-17H,18-21H2. The van der Waals surface area contributed by atoms with E-state index in [2.05, 4.69) is 14.9 Å². The Kier molecular flexibility index (Phi) is 13.8. The van der Waals surface area contributed by atoms with Crippen molar-refractivity contribution in [2.75, 3.05) is 46.5 Å². The molecule has 22 heteroatoms. The largest absolute Gasteiger partial charge is 0.473 e. The number of hydrogen-bond acceptors (Lipinski definition) is 14. The van der Waals surface area contributed by atoms with Gasteiger partial charge in [0.05, 0.1) is 59.8 Å². The fourth-order valence-corrected chi connectivity index (χ4v) is 17.7. The average molecular weight is 1260 g/mol. The number of nitrogens with zero attached hydrogens (tertiary/aromatic N) is 6. The number of benzene rings is 8. The molecule has 0 N–H and O–H groups in total. The Hall–Kier alpha value is -9.90. The summed E-state index contributed by atoms with van der Waals surface area (Å²) in [6.45, 7) is 1.42. The molecule has 0 fully saturated rings. The fraction of sp³-hybridized carbons (Fsp3) is 0.147. The first kappa shape index (κ1) is 56.6. The van der Waals surface area contributed by atoms with Crippen LogP contribution in [-0.4, -0.2) is 36.9 Å². The van der Waals surface area contributed by atoms with E-state index in [4.69, 9.17) is 28.0 Å². The van der Waals surface area contributed by atoms with Crippen LogP contribution in [-0.2, 0) is 47.7 Å². The second-order valence-electron chi connectivity index (χ2n) is 22.1. The maximum Gasteiger partial charge on any atom is 0.416 e. The lowest BCUT2D eigenvalue weighted by Crippen LogP contribution is -2.40. The monoisotopic (exact) mass is 1250 g/mol. The smallest absolute Gasteiger partial charge is 0.416 e. The van der Waals surface area contributed by atoms with Gasteiger partial charge in [0.15, 0.2) is 26.9 Å². The van der Waals surface area contributed by atoms with E-state index in [1.807, 2.05) is 114 Å².